The molecule has 2 aromatic rings. The molecular formula is C16H17BrN2. The van der Waals surface area contributed by atoms with Crippen molar-refractivity contribution in [2.75, 3.05) is 19.3 Å². The van der Waals surface area contributed by atoms with Gasteiger partial charge in [0.15, 0.2) is 0 Å². The van der Waals surface area contributed by atoms with Crippen LogP contribution < -0.4 is 5.73 Å². The van der Waals surface area contributed by atoms with Crippen LogP contribution in [0.5, 0.6) is 0 Å². The van der Waals surface area contributed by atoms with E-state index in [0.717, 1.165) is 29.7 Å². The van der Waals surface area contributed by atoms with Gasteiger partial charge in [0.05, 0.1) is 0 Å². The summed E-state index contributed by atoms with van der Waals surface area (Å²) in [4.78, 5) is 2.32. The van der Waals surface area contributed by atoms with E-state index in [1.165, 1.54) is 22.3 Å². The zero-order chi connectivity index (χ0) is 13.4. The molecule has 1 heterocycles. The van der Waals surface area contributed by atoms with Crippen molar-refractivity contribution in [2.24, 2.45) is 0 Å². The number of nitrogens with zero attached hydrogens (tertiary/aromatic N) is 1. The van der Waals surface area contributed by atoms with Crippen molar-refractivity contribution < 1.29 is 0 Å². The van der Waals surface area contributed by atoms with Crippen LogP contribution in [-0.4, -0.2) is 18.5 Å². The second-order valence-corrected chi connectivity index (χ2v) is 6.07. The minimum atomic E-state index is 0.919. The van der Waals surface area contributed by atoms with E-state index in [4.69, 9.17) is 5.73 Å². The van der Waals surface area contributed by atoms with Crippen LogP contribution >= 0.6 is 15.9 Å². The minimum Gasteiger partial charge on any atom is -0.398 e. The molecule has 2 aromatic carbocycles. The summed E-state index contributed by atoms with van der Waals surface area (Å²) in [5.74, 6) is 0. The van der Waals surface area contributed by atoms with E-state index >= 15 is 0 Å². The molecule has 19 heavy (non-hydrogen) atoms. The fourth-order valence-electron chi connectivity index (χ4n) is 2.73. The van der Waals surface area contributed by atoms with Crippen molar-refractivity contribution in [2.45, 2.75) is 13.0 Å². The lowest BCUT2D eigenvalue weighted by molar-refractivity contribution is 0.314. The molecule has 0 spiro atoms. The number of fused-ring (bicyclic) bond motifs is 1. The average Bonchev–Trinajstić information content (AvgIpc) is 2.41. The van der Waals surface area contributed by atoms with Crippen LogP contribution in [-0.2, 0) is 13.0 Å². The molecule has 3 rings (SSSR count). The van der Waals surface area contributed by atoms with Gasteiger partial charge in [0.1, 0.15) is 0 Å². The normalized spacial score (nSPS) is 15.3. The summed E-state index contributed by atoms with van der Waals surface area (Å²) < 4.78 is 1.11. The smallest absolute Gasteiger partial charge is 0.0362 e. The number of nitrogens with two attached hydrogens (primary N) is 1. The second kappa shape index (κ2) is 4.99. The Bertz CT molecular complexity index is 605. The highest BCUT2D eigenvalue weighted by atomic mass is 79.9. The first-order valence-corrected chi connectivity index (χ1v) is 7.29. The largest absolute Gasteiger partial charge is 0.398 e. The van der Waals surface area contributed by atoms with E-state index < -0.39 is 0 Å². The molecule has 0 aromatic heterocycles. The Morgan fingerprint density at radius 1 is 1.05 bits per heavy atom. The molecule has 2 N–H and O–H groups in total. The summed E-state index contributed by atoms with van der Waals surface area (Å²) in [5, 5.41) is 0. The molecule has 0 atom stereocenters. The Labute approximate surface area is 122 Å². The molecule has 1 aliphatic rings. The van der Waals surface area contributed by atoms with Crippen LogP contribution in [0.1, 0.15) is 11.1 Å². The fourth-order valence-corrected chi connectivity index (χ4v) is 3.00. The van der Waals surface area contributed by atoms with Crippen molar-refractivity contribution in [3.63, 3.8) is 0 Å². The van der Waals surface area contributed by atoms with Gasteiger partial charge in [-0.3, -0.25) is 0 Å². The maximum absolute atomic E-state index is 6.14. The summed E-state index contributed by atoms with van der Waals surface area (Å²) in [6, 6.07) is 12.7. The highest BCUT2D eigenvalue weighted by molar-refractivity contribution is 9.10. The first kappa shape index (κ1) is 12.7. The Hall–Kier alpha value is -1.32. The van der Waals surface area contributed by atoms with Gasteiger partial charge < -0.3 is 10.6 Å². The molecule has 1 aliphatic heterocycles. The second-order valence-electron chi connectivity index (χ2n) is 5.15. The highest BCUT2D eigenvalue weighted by Crippen LogP contribution is 2.33. The number of likely N-dealkylation sites (N-methyl/N-ethyl adjacent to an activating group) is 1. The standard InChI is InChI=1S/C16H17BrN2/c1-19-9-8-14-13(6-7-16(18)15(14)10-19)11-2-4-12(17)5-3-11/h2-7H,8-10,18H2,1H3. The van der Waals surface area contributed by atoms with E-state index in [2.05, 4.69) is 58.2 Å². The lowest BCUT2D eigenvalue weighted by Gasteiger charge is -2.28. The molecule has 2 nitrogen and oxygen atoms in total. The third kappa shape index (κ3) is 2.40. The minimum absolute atomic E-state index is 0.919. The van der Waals surface area contributed by atoms with E-state index in [0.29, 0.717) is 0 Å². The van der Waals surface area contributed by atoms with Gasteiger partial charge in [-0.1, -0.05) is 34.1 Å². The monoisotopic (exact) mass is 316 g/mol. The van der Waals surface area contributed by atoms with Gasteiger partial charge in [0, 0.05) is 23.2 Å². The zero-order valence-electron chi connectivity index (χ0n) is 11.0. The van der Waals surface area contributed by atoms with Gasteiger partial charge in [0.2, 0.25) is 0 Å². The molecule has 0 saturated heterocycles. The number of hydrogen-bond acceptors (Lipinski definition) is 2. The SMILES string of the molecule is CN1CCc2c(-c3ccc(Br)cc3)ccc(N)c2C1. The van der Waals surface area contributed by atoms with Gasteiger partial charge in [-0.15, -0.1) is 0 Å². The Balaban J connectivity index is 2.12. The zero-order valence-corrected chi connectivity index (χ0v) is 12.6. The van der Waals surface area contributed by atoms with Crippen molar-refractivity contribution in [3.05, 3.63) is 52.0 Å². The van der Waals surface area contributed by atoms with E-state index in [-0.39, 0.29) is 0 Å². The fraction of sp³-hybridized carbons (Fsp3) is 0.250. The van der Waals surface area contributed by atoms with Crippen LogP contribution in [0.2, 0.25) is 0 Å². The maximum Gasteiger partial charge on any atom is 0.0362 e. The molecule has 0 unspecified atom stereocenters. The van der Waals surface area contributed by atoms with Crippen LogP contribution in [0.3, 0.4) is 0 Å². The molecule has 3 heteroatoms. The van der Waals surface area contributed by atoms with E-state index in [9.17, 15) is 0 Å². The van der Waals surface area contributed by atoms with E-state index in [1.54, 1.807) is 0 Å². The Morgan fingerprint density at radius 2 is 1.79 bits per heavy atom. The summed E-state index contributed by atoms with van der Waals surface area (Å²) in [6.07, 6.45) is 1.07. The molecule has 0 aliphatic carbocycles. The molecule has 0 bridgehead atoms. The number of benzene rings is 2. The molecule has 98 valence electrons. The molecular weight excluding hydrogens is 300 g/mol. The first-order chi connectivity index (χ1) is 9.15. The van der Waals surface area contributed by atoms with Crippen molar-refractivity contribution in [1.82, 2.24) is 4.90 Å². The summed E-state index contributed by atoms with van der Waals surface area (Å²) >= 11 is 3.49. The Morgan fingerprint density at radius 3 is 2.53 bits per heavy atom. The van der Waals surface area contributed by atoms with Crippen LogP contribution in [0.15, 0.2) is 40.9 Å². The predicted molar refractivity (Wildman–Crippen MR) is 84.0 cm³/mol. The summed E-state index contributed by atoms with van der Waals surface area (Å²) in [6.45, 7) is 2.05. The summed E-state index contributed by atoms with van der Waals surface area (Å²) in [5.41, 5.74) is 12.4. The third-order valence-electron chi connectivity index (χ3n) is 3.79. The number of nitrogen functional groups attached to an aromatic ring is 1. The van der Waals surface area contributed by atoms with Crippen molar-refractivity contribution >= 4 is 21.6 Å². The summed E-state index contributed by atoms with van der Waals surface area (Å²) in [7, 11) is 2.15. The van der Waals surface area contributed by atoms with Crippen molar-refractivity contribution in [1.29, 1.82) is 0 Å². The van der Waals surface area contributed by atoms with Gasteiger partial charge in [0.25, 0.3) is 0 Å². The van der Waals surface area contributed by atoms with Gasteiger partial charge in [-0.2, -0.15) is 0 Å². The van der Waals surface area contributed by atoms with Crippen LogP contribution in [0.4, 0.5) is 5.69 Å². The third-order valence-corrected chi connectivity index (χ3v) is 4.32. The number of hydrogen-bond donors (Lipinski definition) is 1. The average molecular weight is 317 g/mol. The molecule has 0 radical (unpaired) electrons. The lowest BCUT2D eigenvalue weighted by Crippen LogP contribution is -2.27. The van der Waals surface area contributed by atoms with Gasteiger partial charge in [-0.05, 0) is 53.9 Å². The van der Waals surface area contributed by atoms with Gasteiger partial charge in [-0.25, -0.2) is 0 Å². The molecule has 0 saturated carbocycles. The highest BCUT2D eigenvalue weighted by Gasteiger charge is 2.19. The van der Waals surface area contributed by atoms with E-state index in [1.807, 2.05) is 6.07 Å². The van der Waals surface area contributed by atoms with Crippen LogP contribution in [0, 0.1) is 0 Å². The maximum atomic E-state index is 6.14. The van der Waals surface area contributed by atoms with Crippen LogP contribution in [0.25, 0.3) is 11.1 Å². The topological polar surface area (TPSA) is 29.3 Å². The quantitative estimate of drug-likeness (QED) is 0.813. The lowest BCUT2D eigenvalue weighted by atomic mass is 9.90. The Kier molecular flexibility index (Phi) is 3.33. The number of anilines is 1. The van der Waals surface area contributed by atoms with Crippen molar-refractivity contribution in [3.8, 4) is 11.1 Å². The number of rotatable bonds is 1. The number of halogens is 1. The predicted octanol–water partition coefficient (Wildman–Crippen LogP) is 3.69. The molecule has 0 amide bonds. The first-order valence-electron chi connectivity index (χ1n) is 6.50. The van der Waals surface area contributed by atoms with Gasteiger partial charge >= 0.3 is 0 Å². The molecule has 0 fully saturated rings.